The Morgan fingerprint density at radius 2 is 1.66 bits per heavy atom. The summed E-state index contributed by atoms with van der Waals surface area (Å²) in [6.07, 6.45) is 0.565. The first-order valence-electron chi connectivity index (χ1n) is 10.9. The first kappa shape index (κ1) is 22.3. The van der Waals surface area contributed by atoms with E-state index in [0.29, 0.717) is 12.2 Å². The van der Waals surface area contributed by atoms with Crippen LogP contribution in [0.25, 0.3) is 10.9 Å². The zero-order valence-electron chi connectivity index (χ0n) is 18.5. The van der Waals surface area contributed by atoms with Gasteiger partial charge in [0.25, 0.3) is 0 Å². The lowest BCUT2D eigenvalue weighted by Gasteiger charge is -2.37. The molecule has 9 heteroatoms. The number of hydrogen-bond donors (Lipinski definition) is 1. The molecule has 2 heterocycles. The van der Waals surface area contributed by atoms with E-state index < -0.39 is 10.0 Å². The van der Waals surface area contributed by atoms with Crippen LogP contribution in [0.2, 0.25) is 0 Å². The molecule has 1 N–H and O–H groups in total. The number of para-hydroxylation sites is 3. The van der Waals surface area contributed by atoms with Crippen molar-refractivity contribution in [3.8, 4) is 5.75 Å². The first-order valence-corrected chi connectivity index (χ1v) is 12.5. The maximum absolute atomic E-state index is 12.1. The zero-order valence-corrected chi connectivity index (χ0v) is 19.3. The SMILES string of the molecule is CCCS(=O)(=O)NCc1nc(N2CCN(c3ccccc3OC)CC2)c2ccccc2n1. The molecule has 1 saturated heterocycles. The lowest BCUT2D eigenvalue weighted by molar-refractivity contribution is 0.413. The summed E-state index contributed by atoms with van der Waals surface area (Å²) < 4.78 is 32.3. The summed E-state index contributed by atoms with van der Waals surface area (Å²) in [5.41, 5.74) is 1.91. The number of ether oxygens (including phenoxy) is 1. The fourth-order valence-corrected chi connectivity index (χ4v) is 5.02. The van der Waals surface area contributed by atoms with Crippen molar-refractivity contribution < 1.29 is 13.2 Å². The summed E-state index contributed by atoms with van der Waals surface area (Å²) in [6.45, 7) is 5.17. The van der Waals surface area contributed by atoms with Crippen LogP contribution >= 0.6 is 0 Å². The Hall–Kier alpha value is -2.91. The average Bonchev–Trinajstić information content (AvgIpc) is 2.82. The van der Waals surface area contributed by atoms with Crippen LogP contribution in [0.1, 0.15) is 19.2 Å². The van der Waals surface area contributed by atoms with Crippen molar-refractivity contribution in [2.45, 2.75) is 19.9 Å². The van der Waals surface area contributed by atoms with Gasteiger partial charge in [-0.25, -0.2) is 23.1 Å². The number of benzene rings is 2. The Morgan fingerprint density at radius 1 is 0.969 bits per heavy atom. The first-order chi connectivity index (χ1) is 15.5. The van der Waals surface area contributed by atoms with Crippen molar-refractivity contribution in [1.29, 1.82) is 0 Å². The van der Waals surface area contributed by atoms with E-state index in [-0.39, 0.29) is 12.3 Å². The number of fused-ring (bicyclic) bond motifs is 1. The number of hydrogen-bond acceptors (Lipinski definition) is 7. The van der Waals surface area contributed by atoms with Gasteiger partial charge in [0.15, 0.2) is 0 Å². The van der Waals surface area contributed by atoms with E-state index in [4.69, 9.17) is 9.72 Å². The minimum absolute atomic E-state index is 0.0847. The van der Waals surface area contributed by atoms with Gasteiger partial charge in [-0.2, -0.15) is 0 Å². The number of rotatable bonds is 8. The van der Waals surface area contributed by atoms with Crippen molar-refractivity contribution in [2.75, 3.05) is 48.8 Å². The molecule has 1 aromatic heterocycles. The number of nitrogens with one attached hydrogen (secondary N) is 1. The molecular weight excluding hydrogens is 426 g/mol. The van der Waals surface area contributed by atoms with Gasteiger partial charge in [0.05, 0.1) is 30.6 Å². The largest absolute Gasteiger partial charge is 0.495 e. The molecule has 3 aromatic rings. The smallest absolute Gasteiger partial charge is 0.211 e. The molecule has 32 heavy (non-hydrogen) atoms. The molecule has 170 valence electrons. The molecule has 0 aliphatic carbocycles. The summed E-state index contributed by atoms with van der Waals surface area (Å²) >= 11 is 0. The van der Waals surface area contributed by atoms with E-state index in [1.807, 2.05) is 49.4 Å². The summed E-state index contributed by atoms with van der Waals surface area (Å²) in [5, 5.41) is 0.971. The van der Waals surface area contributed by atoms with Gasteiger partial charge >= 0.3 is 0 Å². The van der Waals surface area contributed by atoms with E-state index in [2.05, 4.69) is 25.6 Å². The van der Waals surface area contributed by atoms with Gasteiger partial charge in [-0.05, 0) is 30.7 Å². The number of methoxy groups -OCH3 is 1. The standard InChI is InChI=1S/C23H29N5O3S/c1-3-16-32(29,30)24-17-22-25-19-9-5-4-8-18(19)23(26-22)28-14-12-27(13-15-28)20-10-6-7-11-21(20)31-2/h4-11,24H,3,12-17H2,1-2H3. The monoisotopic (exact) mass is 455 g/mol. The number of anilines is 2. The lowest BCUT2D eigenvalue weighted by atomic mass is 10.2. The quantitative estimate of drug-likeness (QED) is 0.559. The molecule has 0 bridgehead atoms. The molecule has 4 rings (SSSR count). The van der Waals surface area contributed by atoms with Gasteiger partial charge in [-0.1, -0.05) is 31.2 Å². The normalized spacial score (nSPS) is 14.7. The van der Waals surface area contributed by atoms with Crippen molar-refractivity contribution >= 4 is 32.4 Å². The number of sulfonamides is 1. The van der Waals surface area contributed by atoms with Crippen molar-refractivity contribution in [1.82, 2.24) is 14.7 Å². The third-order valence-electron chi connectivity index (χ3n) is 5.56. The van der Waals surface area contributed by atoms with Crippen LogP contribution in [-0.2, 0) is 16.6 Å². The van der Waals surface area contributed by atoms with Gasteiger partial charge in [0.1, 0.15) is 17.4 Å². The van der Waals surface area contributed by atoms with Crippen LogP contribution in [0, 0.1) is 0 Å². The number of piperazine rings is 1. The highest BCUT2D eigenvalue weighted by atomic mass is 32.2. The van der Waals surface area contributed by atoms with Crippen LogP contribution in [0.5, 0.6) is 5.75 Å². The summed E-state index contributed by atoms with van der Waals surface area (Å²) in [4.78, 5) is 13.9. The second-order valence-corrected chi connectivity index (χ2v) is 9.69. The van der Waals surface area contributed by atoms with E-state index >= 15 is 0 Å². The Labute approximate surface area is 189 Å². The predicted molar refractivity (Wildman–Crippen MR) is 128 cm³/mol. The highest BCUT2D eigenvalue weighted by molar-refractivity contribution is 7.89. The van der Waals surface area contributed by atoms with E-state index in [9.17, 15) is 8.42 Å². The van der Waals surface area contributed by atoms with Gasteiger partial charge in [0.2, 0.25) is 10.0 Å². The highest BCUT2D eigenvalue weighted by Gasteiger charge is 2.23. The zero-order chi connectivity index (χ0) is 22.6. The molecule has 0 spiro atoms. The molecule has 0 unspecified atom stereocenters. The third kappa shape index (κ3) is 4.94. The van der Waals surface area contributed by atoms with Crippen LogP contribution in [-0.4, -0.2) is 57.4 Å². The molecule has 0 amide bonds. The fourth-order valence-electron chi connectivity index (χ4n) is 3.99. The molecule has 2 aromatic carbocycles. The minimum Gasteiger partial charge on any atom is -0.495 e. The van der Waals surface area contributed by atoms with E-state index in [0.717, 1.165) is 54.3 Å². The second-order valence-electron chi connectivity index (χ2n) is 7.77. The Balaban J connectivity index is 1.56. The maximum Gasteiger partial charge on any atom is 0.211 e. The molecular formula is C23H29N5O3S. The fraction of sp³-hybridized carbons (Fsp3) is 0.391. The molecule has 0 radical (unpaired) electrons. The van der Waals surface area contributed by atoms with Crippen LogP contribution in [0.3, 0.4) is 0 Å². The molecule has 1 aliphatic heterocycles. The van der Waals surface area contributed by atoms with Gasteiger partial charge in [-0.3, -0.25) is 0 Å². The number of aromatic nitrogens is 2. The Kier molecular flexibility index (Phi) is 6.76. The van der Waals surface area contributed by atoms with Gasteiger partial charge in [-0.15, -0.1) is 0 Å². The molecule has 1 aliphatic rings. The van der Waals surface area contributed by atoms with Crippen LogP contribution < -0.4 is 19.3 Å². The summed E-state index contributed by atoms with van der Waals surface area (Å²) in [7, 11) is -1.63. The van der Waals surface area contributed by atoms with Crippen molar-refractivity contribution in [3.63, 3.8) is 0 Å². The van der Waals surface area contributed by atoms with E-state index in [1.54, 1.807) is 7.11 Å². The van der Waals surface area contributed by atoms with Crippen LogP contribution in [0.4, 0.5) is 11.5 Å². The average molecular weight is 456 g/mol. The molecule has 0 atom stereocenters. The molecule has 1 fully saturated rings. The van der Waals surface area contributed by atoms with Gasteiger partial charge < -0.3 is 14.5 Å². The summed E-state index contributed by atoms with van der Waals surface area (Å²) in [6, 6.07) is 15.9. The second kappa shape index (κ2) is 9.70. The van der Waals surface area contributed by atoms with Crippen molar-refractivity contribution in [2.24, 2.45) is 0 Å². The number of nitrogens with zero attached hydrogens (tertiary/aromatic N) is 4. The predicted octanol–water partition coefficient (Wildman–Crippen LogP) is 2.79. The highest BCUT2D eigenvalue weighted by Crippen LogP contribution is 2.30. The topological polar surface area (TPSA) is 87.7 Å². The Bertz CT molecular complexity index is 1180. The summed E-state index contributed by atoms with van der Waals surface area (Å²) in [5.74, 6) is 2.29. The maximum atomic E-state index is 12.1. The van der Waals surface area contributed by atoms with E-state index in [1.165, 1.54) is 0 Å². The van der Waals surface area contributed by atoms with Crippen LogP contribution in [0.15, 0.2) is 48.5 Å². The molecule has 0 saturated carbocycles. The lowest BCUT2D eigenvalue weighted by Crippen LogP contribution is -2.47. The van der Waals surface area contributed by atoms with Crippen molar-refractivity contribution in [3.05, 3.63) is 54.4 Å². The third-order valence-corrected chi connectivity index (χ3v) is 7.09. The molecule has 8 nitrogen and oxygen atoms in total. The Morgan fingerprint density at radius 3 is 2.41 bits per heavy atom. The minimum atomic E-state index is -3.33. The van der Waals surface area contributed by atoms with Gasteiger partial charge in [0, 0.05) is 31.6 Å².